The summed E-state index contributed by atoms with van der Waals surface area (Å²) in [6.07, 6.45) is 0. The van der Waals surface area contributed by atoms with Crippen molar-refractivity contribution >= 4 is 11.6 Å². The highest BCUT2D eigenvalue weighted by molar-refractivity contribution is 6.30. The predicted molar refractivity (Wildman–Crippen MR) is 119 cm³/mol. The summed E-state index contributed by atoms with van der Waals surface area (Å²) >= 11 is 5.87. The molecular formula is C24H44ClF. The molecule has 1 aromatic rings. The monoisotopic (exact) mass is 386 g/mol. The van der Waals surface area contributed by atoms with Crippen molar-refractivity contribution in [2.45, 2.75) is 108 Å². The molecule has 2 heteroatoms. The maximum atomic E-state index is 13.5. The molecule has 0 aliphatic heterocycles. The molecule has 0 amide bonds. The van der Waals surface area contributed by atoms with Crippen LogP contribution >= 0.6 is 11.6 Å². The van der Waals surface area contributed by atoms with Gasteiger partial charge in [-0.25, -0.2) is 4.39 Å². The van der Waals surface area contributed by atoms with Crippen LogP contribution in [0, 0.1) is 16.6 Å². The quantitative estimate of drug-likeness (QED) is 0.416. The van der Waals surface area contributed by atoms with Gasteiger partial charge in [-0.3, -0.25) is 0 Å². The lowest BCUT2D eigenvalue weighted by Gasteiger charge is -2.30. The first-order chi connectivity index (χ1) is 11.0. The smallest absolute Gasteiger partial charge is 0.142 e. The number of hydrogen-bond donors (Lipinski definition) is 0. The normalized spacial score (nSPS) is 12.6. The summed E-state index contributed by atoms with van der Waals surface area (Å²) in [4.78, 5) is 0. The van der Waals surface area contributed by atoms with Crippen LogP contribution in [0.5, 0.6) is 0 Å². The zero-order chi connectivity index (χ0) is 21.7. The number of halogens is 2. The van der Waals surface area contributed by atoms with E-state index in [4.69, 9.17) is 11.6 Å². The minimum Gasteiger partial charge on any atom is -0.205 e. The van der Waals surface area contributed by atoms with E-state index in [-0.39, 0.29) is 21.7 Å². The molecule has 0 unspecified atom stereocenters. The maximum Gasteiger partial charge on any atom is 0.142 e. The van der Waals surface area contributed by atoms with E-state index in [0.717, 1.165) is 11.1 Å². The Hall–Kier alpha value is -0.560. The van der Waals surface area contributed by atoms with Gasteiger partial charge in [0.25, 0.3) is 0 Å². The molecule has 0 bridgehead atoms. The highest BCUT2D eigenvalue weighted by atomic mass is 35.5. The van der Waals surface area contributed by atoms with Crippen molar-refractivity contribution in [3.63, 3.8) is 0 Å². The van der Waals surface area contributed by atoms with Crippen LogP contribution in [0.3, 0.4) is 0 Å². The van der Waals surface area contributed by atoms with E-state index >= 15 is 0 Å². The second kappa shape index (κ2) is 9.58. The fourth-order valence-corrected chi connectivity index (χ4v) is 1.95. The van der Waals surface area contributed by atoms with Gasteiger partial charge in [0, 0.05) is 0 Å². The third-order valence-electron chi connectivity index (χ3n) is 2.68. The number of rotatable bonds is 0. The van der Waals surface area contributed by atoms with Crippen molar-refractivity contribution in [3.05, 3.63) is 34.1 Å². The molecule has 0 spiro atoms. The maximum absolute atomic E-state index is 13.5. The molecule has 1 rings (SSSR count). The third-order valence-corrected chi connectivity index (χ3v) is 2.97. The summed E-state index contributed by atoms with van der Waals surface area (Å²) in [6, 6.07) is 3.33. The van der Waals surface area contributed by atoms with Crippen molar-refractivity contribution in [1.29, 1.82) is 0 Å². The van der Waals surface area contributed by atoms with Gasteiger partial charge in [-0.2, -0.15) is 0 Å². The Morgan fingerprint density at radius 2 is 0.808 bits per heavy atom. The van der Waals surface area contributed by atoms with Gasteiger partial charge in [0.05, 0.1) is 5.02 Å². The summed E-state index contributed by atoms with van der Waals surface area (Å²) in [5.74, 6) is -0.334. The Bertz CT molecular complexity index is 481. The fraction of sp³-hybridized carbons (Fsp3) is 0.750. The minimum absolute atomic E-state index is 0.0278. The first kappa shape index (κ1) is 27.7. The summed E-state index contributed by atoms with van der Waals surface area (Å²) in [5, 5.41) is 0.206. The Labute approximate surface area is 168 Å². The highest BCUT2D eigenvalue weighted by Gasteiger charge is 2.26. The van der Waals surface area contributed by atoms with Crippen molar-refractivity contribution in [2.75, 3.05) is 0 Å². The molecule has 0 saturated carbocycles. The van der Waals surface area contributed by atoms with E-state index in [9.17, 15) is 4.39 Å². The van der Waals surface area contributed by atoms with E-state index in [0.29, 0.717) is 10.8 Å². The zero-order valence-electron chi connectivity index (χ0n) is 19.9. The molecule has 0 N–H and O–H groups in total. The van der Waals surface area contributed by atoms with Crippen LogP contribution in [-0.2, 0) is 10.8 Å². The van der Waals surface area contributed by atoms with Crippen LogP contribution in [0.25, 0.3) is 0 Å². The second-order valence-corrected chi connectivity index (χ2v) is 12.7. The first-order valence-corrected chi connectivity index (χ1v) is 9.91. The molecule has 0 nitrogen and oxygen atoms in total. The lowest BCUT2D eigenvalue weighted by molar-refractivity contribution is 0.469. The molecule has 0 radical (unpaired) electrons. The van der Waals surface area contributed by atoms with E-state index in [1.165, 1.54) is 0 Å². The van der Waals surface area contributed by atoms with Gasteiger partial charge >= 0.3 is 0 Å². The number of benzene rings is 1. The van der Waals surface area contributed by atoms with Crippen LogP contribution in [0.4, 0.5) is 4.39 Å². The molecule has 154 valence electrons. The molecule has 0 atom stereocenters. The van der Waals surface area contributed by atoms with Crippen LogP contribution in [0.15, 0.2) is 12.1 Å². The van der Waals surface area contributed by atoms with Gasteiger partial charge in [0.1, 0.15) is 5.82 Å². The van der Waals surface area contributed by atoms with E-state index in [2.05, 4.69) is 96.9 Å². The highest BCUT2D eigenvalue weighted by Crippen LogP contribution is 2.36. The lowest BCUT2D eigenvalue weighted by atomic mass is 9.75. The Morgan fingerprint density at radius 1 is 0.577 bits per heavy atom. The second-order valence-electron chi connectivity index (χ2n) is 12.3. The average Bonchev–Trinajstić information content (AvgIpc) is 2.24. The number of hydrogen-bond acceptors (Lipinski definition) is 0. The summed E-state index contributed by atoms with van der Waals surface area (Å²) < 4.78 is 13.5. The molecule has 0 aliphatic rings. The van der Waals surface area contributed by atoms with Gasteiger partial charge in [-0.1, -0.05) is 109 Å². The van der Waals surface area contributed by atoms with Gasteiger partial charge < -0.3 is 0 Å². The standard InChI is InChI=1S/C14H20ClF.2C5H12/c1-13(2,3)9-7-11(15)12(16)8-10(9)14(4,5)6;2*1-5(2,3)4/h7-8H,1-6H3;2*1-4H3. The zero-order valence-corrected chi connectivity index (χ0v) is 20.7. The van der Waals surface area contributed by atoms with Crippen LogP contribution < -0.4 is 0 Å². The Balaban J connectivity index is 0. The largest absolute Gasteiger partial charge is 0.205 e. The Kier molecular flexibility index (Phi) is 10.2. The SMILES string of the molecule is CC(C)(C)C.CC(C)(C)C.CC(C)(C)c1cc(F)c(Cl)cc1C(C)(C)C. The fourth-order valence-electron chi connectivity index (χ4n) is 1.79. The minimum atomic E-state index is -0.334. The molecule has 26 heavy (non-hydrogen) atoms. The van der Waals surface area contributed by atoms with Crippen LogP contribution in [0.1, 0.15) is 108 Å². The lowest BCUT2D eigenvalue weighted by Crippen LogP contribution is -2.22. The molecular weight excluding hydrogens is 343 g/mol. The summed E-state index contributed by atoms with van der Waals surface area (Å²) in [6.45, 7) is 30.1. The molecule has 0 aliphatic carbocycles. The van der Waals surface area contributed by atoms with E-state index in [1.54, 1.807) is 12.1 Å². The van der Waals surface area contributed by atoms with Gasteiger partial charge in [0.2, 0.25) is 0 Å². The van der Waals surface area contributed by atoms with Gasteiger partial charge in [0.15, 0.2) is 0 Å². The average molecular weight is 387 g/mol. The summed E-state index contributed by atoms with van der Waals surface area (Å²) in [5.41, 5.74) is 3.04. The molecule has 0 heterocycles. The van der Waals surface area contributed by atoms with Gasteiger partial charge in [-0.15, -0.1) is 0 Å². The molecule has 0 fully saturated rings. The third kappa shape index (κ3) is 15.7. The van der Waals surface area contributed by atoms with Crippen LogP contribution in [-0.4, -0.2) is 0 Å². The Morgan fingerprint density at radius 3 is 1.04 bits per heavy atom. The van der Waals surface area contributed by atoms with Crippen molar-refractivity contribution in [1.82, 2.24) is 0 Å². The first-order valence-electron chi connectivity index (χ1n) is 9.53. The van der Waals surface area contributed by atoms with E-state index in [1.807, 2.05) is 0 Å². The van der Waals surface area contributed by atoms with E-state index < -0.39 is 0 Å². The summed E-state index contributed by atoms with van der Waals surface area (Å²) in [7, 11) is 0. The molecule has 0 aromatic heterocycles. The van der Waals surface area contributed by atoms with Crippen LogP contribution in [0.2, 0.25) is 5.02 Å². The van der Waals surface area contributed by atoms with Crippen molar-refractivity contribution in [3.8, 4) is 0 Å². The molecule has 0 saturated heterocycles. The molecule has 1 aromatic carbocycles. The predicted octanol–water partition coefficient (Wildman–Crippen LogP) is 9.18. The topological polar surface area (TPSA) is 0 Å². The van der Waals surface area contributed by atoms with Crippen molar-refractivity contribution in [2.24, 2.45) is 10.8 Å². The van der Waals surface area contributed by atoms with Crippen molar-refractivity contribution < 1.29 is 4.39 Å². The van der Waals surface area contributed by atoms with Gasteiger partial charge in [-0.05, 0) is 44.9 Å².